The van der Waals surface area contributed by atoms with Crippen molar-refractivity contribution >= 4 is 10.8 Å². The molecule has 90 valence electrons. The summed E-state index contributed by atoms with van der Waals surface area (Å²) in [4.78, 5) is 4.19. The van der Waals surface area contributed by atoms with Crippen molar-refractivity contribution in [1.82, 2.24) is 9.55 Å². The number of rotatable bonds is 3. The Bertz CT molecular complexity index is 367. The standard InChI is InChI=1S/C11H19N3OS/c1-2-10(12)11-7-13-8-14(11)9-3-5-16(15)6-4-9/h7-10H,2-6,12H2,1H3/t9?,10-,16?/m1/s1. The fourth-order valence-corrected chi connectivity index (χ4v) is 3.45. The van der Waals surface area contributed by atoms with Gasteiger partial charge in [-0.25, -0.2) is 4.98 Å². The van der Waals surface area contributed by atoms with Crippen LogP contribution in [0.1, 0.15) is 44.0 Å². The molecular formula is C11H19N3OS. The molecule has 0 unspecified atom stereocenters. The van der Waals surface area contributed by atoms with Crippen LogP contribution in [-0.4, -0.2) is 25.3 Å². The van der Waals surface area contributed by atoms with E-state index >= 15 is 0 Å². The lowest BCUT2D eigenvalue weighted by molar-refractivity contribution is 0.436. The fraction of sp³-hybridized carbons (Fsp3) is 0.727. The van der Waals surface area contributed by atoms with E-state index in [0.717, 1.165) is 36.5 Å². The highest BCUT2D eigenvalue weighted by Crippen LogP contribution is 2.26. The molecule has 0 aromatic carbocycles. The van der Waals surface area contributed by atoms with Gasteiger partial charge in [0.15, 0.2) is 0 Å². The Hall–Kier alpha value is -0.680. The molecule has 2 rings (SSSR count). The summed E-state index contributed by atoms with van der Waals surface area (Å²) in [5, 5.41) is 0. The van der Waals surface area contributed by atoms with E-state index < -0.39 is 10.8 Å². The van der Waals surface area contributed by atoms with Crippen molar-refractivity contribution in [1.29, 1.82) is 0 Å². The number of hydrogen-bond donors (Lipinski definition) is 1. The van der Waals surface area contributed by atoms with Gasteiger partial charge in [-0.05, 0) is 19.3 Å². The number of nitrogens with two attached hydrogens (primary N) is 1. The minimum Gasteiger partial charge on any atom is -0.330 e. The highest BCUT2D eigenvalue weighted by Gasteiger charge is 2.22. The third-order valence-corrected chi connectivity index (χ3v) is 4.65. The number of hydrogen-bond acceptors (Lipinski definition) is 3. The average Bonchev–Trinajstić information content (AvgIpc) is 2.78. The van der Waals surface area contributed by atoms with E-state index in [0.29, 0.717) is 6.04 Å². The van der Waals surface area contributed by atoms with Crippen LogP contribution < -0.4 is 5.73 Å². The van der Waals surface area contributed by atoms with Gasteiger partial charge in [0.25, 0.3) is 0 Å². The van der Waals surface area contributed by atoms with Crippen molar-refractivity contribution in [2.45, 2.75) is 38.3 Å². The van der Waals surface area contributed by atoms with Gasteiger partial charge in [0, 0.05) is 40.6 Å². The molecule has 1 aromatic rings. The zero-order valence-electron chi connectivity index (χ0n) is 9.63. The molecule has 0 aliphatic carbocycles. The molecular weight excluding hydrogens is 222 g/mol. The van der Waals surface area contributed by atoms with Gasteiger partial charge in [-0.3, -0.25) is 4.21 Å². The lowest BCUT2D eigenvalue weighted by Crippen LogP contribution is -2.24. The van der Waals surface area contributed by atoms with E-state index in [1.807, 2.05) is 12.5 Å². The van der Waals surface area contributed by atoms with Gasteiger partial charge in [-0.1, -0.05) is 6.92 Å². The monoisotopic (exact) mass is 241 g/mol. The Labute approximate surface area is 98.7 Å². The molecule has 0 radical (unpaired) electrons. The zero-order valence-corrected chi connectivity index (χ0v) is 10.4. The zero-order chi connectivity index (χ0) is 11.5. The summed E-state index contributed by atoms with van der Waals surface area (Å²) in [5.74, 6) is 1.62. The van der Waals surface area contributed by atoms with Gasteiger partial charge >= 0.3 is 0 Å². The van der Waals surface area contributed by atoms with Crippen molar-refractivity contribution in [2.24, 2.45) is 5.73 Å². The quantitative estimate of drug-likeness (QED) is 0.869. The van der Waals surface area contributed by atoms with E-state index in [9.17, 15) is 4.21 Å². The van der Waals surface area contributed by atoms with Gasteiger partial charge in [-0.2, -0.15) is 0 Å². The van der Waals surface area contributed by atoms with E-state index in [1.165, 1.54) is 0 Å². The topological polar surface area (TPSA) is 60.9 Å². The highest BCUT2D eigenvalue weighted by atomic mass is 32.2. The molecule has 1 aliphatic heterocycles. The maximum absolute atomic E-state index is 11.3. The van der Waals surface area contributed by atoms with Crippen molar-refractivity contribution in [3.63, 3.8) is 0 Å². The van der Waals surface area contributed by atoms with Crippen LogP contribution >= 0.6 is 0 Å². The first-order valence-electron chi connectivity index (χ1n) is 5.84. The van der Waals surface area contributed by atoms with E-state index in [4.69, 9.17) is 5.73 Å². The second kappa shape index (κ2) is 5.10. The first kappa shape index (κ1) is 11.8. The van der Waals surface area contributed by atoms with Gasteiger partial charge in [0.1, 0.15) is 0 Å². The van der Waals surface area contributed by atoms with Crippen LogP contribution in [0.2, 0.25) is 0 Å². The van der Waals surface area contributed by atoms with Crippen LogP contribution in [-0.2, 0) is 10.8 Å². The van der Waals surface area contributed by atoms with Gasteiger partial charge in [0.2, 0.25) is 0 Å². The molecule has 1 aromatic heterocycles. The highest BCUT2D eigenvalue weighted by molar-refractivity contribution is 7.85. The molecule has 1 atom stereocenters. The Morgan fingerprint density at radius 3 is 2.94 bits per heavy atom. The van der Waals surface area contributed by atoms with Crippen LogP contribution in [0.15, 0.2) is 12.5 Å². The SMILES string of the molecule is CC[C@@H](N)c1cncn1C1CCS(=O)CC1. The van der Waals surface area contributed by atoms with E-state index in [1.54, 1.807) is 0 Å². The summed E-state index contributed by atoms with van der Waals surface area (Å²) in [5.41, 5.74) is 7.16. The Kier molecular flexibility index (Phi) is 3.76. The molecule has 5 heteroatoms. The molecule has 0 spiro atoms. The molecule has 2 N–H and O–H groups in total. The van der Waals surface area contributed by atoms with Crippen LogP contribution in [0, 0.1) is 0 Å². The summed E-state index contributed by atoms with van der Waals surface area (Å²) >= 11 is 0. The maximum Gasteiger partial charge on any atom is 0.0951 e. The predicted molar refractivity (Wildman–Crippen MR) is 65.6 cm³/mol. The molecule has 4 nitrogen and oxygen atoms in total. The van der Waals surface area contributed by atoms with E-state index in [-0.39, 0.29) is 6.04 Å². The van der Waals surface area contributed by atoms with Gasteiger partial charge in [-0.15, -0.1) is 0 Å². The second-order valence-electron chi connectivity index (χ2n) is 4.32. The van der Waals surface area contributed by atoms with Crippen LogP contribution in [0.4, 0.5) is 0 Å². The summed E-state index contributed by atoms with van der Waals surface area (Å²) in [6.45, 7) is 2.08. The predicted octanol–water partition coefficient (Wildman–Crippen LogP) is 1.38. The van der Waals surface area contributed by atoms with Crippen molar-refractivity contribution in [2.75, 3.05) is 11.5 Å². The molecule has 2 heterocycles. The van der Waals surface area contributed by atoms with Crippen molar-refractivity contribution in [3.05, 3.63) is 18.2 Å². The molecule has 16 heavy (non-hydrogen) atoms. The normalized spacial score (nSPS) is 27.9. The Morgan fingerprint density at radius 2 is 2.31 bits per heavy atom. The van der Waals surface area contributed by atoms with Gasteiger partial charge in [0.05, 0.1) is 12.0 Å². The number of aromatic nitrogens is 2. The van der Waals surface area contributed by atoms with Gasteiger partial charge < -0.3 is 10.3 Å². The lowest BCUT2D eigenvalue weighted by Gasteiger charge is -2.25. The third kappa shape index (κ3) is 2.35. The Morgan fingerprint density at radius 1 is 1.62 bits per heavy atom. The molecule has 1 aliphatic rings. The minimum atomic E-state index is -0.607. The summed E-state index contributed by atoms with van der Waals surface area (Å²) in [6.07, 6.45) is 6.60. The maximum atomic E-state index is 11.3. The summed E-state index contributed by atoms with van der Waals surface area (Å²) in [7, 11) is -0.607. The summed E-state index contributed by atoms with van der Waals surface area (Å²) in [6, 6.07) is 0.503. The summed E-state index contributed by atoms with van der Waals surface area (Å²) < 4.78 is 13.5. The minimum absolute atomic E-state index is 0.0647. The van der Waals surface area contributed by atoms with Crippen LogP contribution in [0.5, 0.6) is 0 Å². The lowest BCUT2D eigenvalue weighted by atomic mass is 10.1. The molecule has 0 bridgehead atoms. The smallest absolute Gasteiger partial charge is 0.0951 e. The fourth-order valence-electron chi connectivity index (χ4n) is 2.18. The first-order chi connectivity index (χ1) is 7.72. The average molecular weight is 241 g/mol. The van der Waals surface area contributed by atoms with Crippen molar-refractivity contribution < 1.29 is 4.21 Å². The largest absolute Gasteiger partial charge is 0.330 e. The third-order valence-electron chi connectivity index (χ3n) is 3.27. The number of nitrogens with zero attached hydrogens (tertiary/aromatic N) is 2. The second-order valence-corrected chi connectivity index (χ2v) is 6.02. The van der Waals surface area contributed by atoms with Crippen LogP contribution in [0.25, 0.3) is 0 Å². The Balaban J connectivity index is 2.14. The molecule has 1 fully saturated rings. The number of imidazole rings is 1. The first-order valence-corrected chi connectivity index (χ1v) is 7.33. The van der Waals surface area contributed by atoms with Crippen LogP contribution in [0.3, 0.4) is 0 Å². The van der Waals surface area contributed by atoms with Crippen molar-refractivity contribution in [3.8, 4) is 0 Å². The molecule has 1 saturated heterocycles. The molecule has 0 saturated carbocycles. The molecule has 0 amide bonds. The van der Waals surface area contributed by atoms with E-state index in [2.05, 4.69) is 16.5 Å².